The molecular formula is C21H17FN4O4. The molecule has 2 N–H and O–H groups in total. The van der Waals surface area contributed by atoms with E-state index in [1.807, 2.05) is 30.3 Å². The van der Waals surface area contributed by atoms with Gasteiger partial charge in [-0.05, 0) is 23.3 Å². The lowest BCUT2D eigenvalue weighted by atomic mass is 10.2. The normalized spacial score (nSPS) is 12.7. The van der Waals surface area contributed by atoms with Crippen LogP contribution in [0.2, 0.25) is 0 Å². The molecule has 1 aliphatic heterocycles. The Morgan fingerprint density at radius 2 is 1.77 bits per heavy atom. The van der Waals surface area contributed by atoms with Crippen LogP contribution in [-0.4, -0.2) is 26.5 Å². The molecule has 1 aromatic heterocycles. The number of benzene rings is 2. The number of carbonyl (C=O) groups is 2. The number of halogens is 1. The van der Waals surface area contributed by atoms with Gasteiger partial charge in [0.05, 0.1) is 6.54 Å². The van der Waals surface area contributed by atoms with Gasteiger partial charge in [-0.2, -0.15) is 0 Å². The van der Waals surface area contributed by atoms with Gasteiger partial charge in [0.25, 0.3) is 11.5 Å². The third-order valence-corrected chi connectivity index (χ3v) is 4.73. The Hall–Kier alpha value is -4.01. The fourth-order valence-corrected chi connectivity index (χ4v) is 3.17. The minimum atomic E-state index is -0.865. The van der Waals surface area contributed by atoms with E-state index in [4.69, 9.17) is 0 Å². The van der Waals surface area contributed by atoms with E-state index in [2.05, 4.69) is 10.3 Å². The molecule has 2 amide bonds. The number of hydrogen-bond donors (Lipinski definition) is 2. The first-order chi connectivity index (χ1) is 14.4. The second-order valence-electron chi connectivity index (χ2n) is 6.77. The van der Waals surface area contributed by atoms with Gasteiger partial charge in [0, 0.05) is 6.54 Å². The fraction of sp³-hybridized carbons (Fsp3) is 0.143. The van der Waals surface area contributed by atoms with Crippen LogP contribution in [0.3, 0.4) is 0 Å². The van der Waals surface area contributed by atoms with E-state index < -0.39 is 28.7 Å². The molecule has 0 saturated carbocycles. The summed E-state index contributed by atoms with van der Waals surface area (Å²) in [5.74, 6) is -2.38. The highest BCUT2D eigenvalue weighted by atomic mass is 19.1. The number of aromatic hydroxyl groups is 1. The van der Waals surface area contributed by atoms with Crippen molar-refractivity contribution in [1.29, 1.82) is 0 Å². The van der Waals surface area contributed by atoms with Gasteiger partial charge in [-0.15, -0.1) is 0 Å². The lowest BCUT2D eigenvalue weighted by molar-refractivity contribution is -0.118. The smallest absolute Gasteiger partial charge is 0.298 e. The number of nitrogens with zero attached hydrogens (tertiary/aromatic N) is 3. The number of amides is 2. The molecular weight excluding hydrogens is 391 g/mol. The maximum absolute atomic E-state index is 13.0. The van der Waals surface area contributed by atoms with Crippen molar-refractivity contribution in [1.82, 2.24) is 14.9 Å². The molecule has 0 aliphatic carbocycles. The first-order valence-corrected chi connectivity index (χ1v) is 9.15. The maximum Gasteiger partial charge on any atom is 0.298 e. The number of carbonyl (C=O) groups excluding carboxylic acids is 2. The molecule has 1 aliphatic rings. The number of anilines is 1. The Balaban J connectivity index is 1.61. The van der Waals surface area contributed by atoms with E-state index >= 15 is 0 Å². The summed E-state index contributed by atoms with van der Waals surface area (Å²) in [7, 11) is 0. The number of rotatable bonds is 5. The average Bonchev–Trinajstić information content (AvgIpc) is 3.06. The van der Waals surface area contributed by atoms with Gasteiger partial charge in [-0.1, -0.05) is 42.5 Å². The molecule has 0 spiro atoms. The van der Waals surface area contributed by atoms with Crippen molar-refractivity contribution >= 4 is 17.8 Å². The highest BCUT2D eigenvalue weighted by Crippen LogP contribution is 2.23. The molecule has 152 valence electrons. The highest BCUT2D eigenvalue weighted by molar-refractivity contribution is 5.98. The highest BCUT2D eigenvalue weighted by Gasteiger charge is 2.33. The Bertz CT molecular complexity index is 1180. The minimum absolute atomic E-state index is 0.00131. The van der Waals surface area contributed by atoms with E-state index in [-0.39, 0.29) is 31.5 Å². The van der Waals surface area contributed by atoms with E-state index in [1.54, 1.807) is 0 Å². The Morgan fingerprint density at radius 1 is 1.07 bits per heavy atom. The topological polar surface area (TPSA) is 105 Å². The molecule has 4 rings (SSSR count). The van der Waals surface area contributed by atoms with Crippen molar-refractivity contribution in [3.05, 3.63) is 87.6 Å². The van der Waals surface area contributed by atoms with Crippen molar-refractivity contribution in [3.8, 4) is 5.75 Å². The Morgan fingerprint density at radius 3 is 2.47 bits per heavy atom. The third-order valence-electron chi connectivity index (χ3n) is 4.73. The van der Waals surface area contributed by atoms with E-state index in [9.17, 15) is 23.9 Å². The standard InChI is InChI=1S/C21H17FN4O4/c22-15-8-6-13(7-9-15)10-23-19(29)17-18(28)20(30)26-12-16(27)25(21(26)24-17)11-14-4-2-1-3-5-14/h1-9,28H,10-12H2,(H,23,29). The van der Waals surface area contributed by atoms with Crippen LogP contribution in [0.25, 0.3) is 0 Å². The third kappa shape index (κ3) is 3.64. The van der Waals surface area contributed by atoms with Crippen molar-refractivity contribution in [2.24, 2.45) is 0 Å². The number of aromatic nitrogens is 2. The molecule has 2 aromatic carbocycles. The summed E-state index contributed by atoms with van der Waals surface area (Å²) in [6.45, 7) is -0.0438. The van der Waals surface area contributed by atoms with Crippen molar-refractivity contribution in [2.75, 3.05) is 4.90 Å². The molecule has 0 saturated heterocycles. The summed E-state index contributed by atoms with van der Waals surface area (Å²) in [6, 6.07) is 14.6. The minimum Gasteiger partial charge on any atom is -0.501 e. The Labute approximate surface area is 170 Å². The number of nitrogens with one attached hydrogen (secondary N) is 1. The summed E-state index contributed by atoms with van der Waals surface area (Å²) in [5.41, 5.74) is 0.115. The van der Waals surface area contributed by atoms with E-state index in [0.717, 1.165) is 10.1 Å². The monoisotopic (exact) mass is 408 g/mol. The zero-order valence-corrected chi connectivity index (χ0v) is 15.7. The second kappa shape index (κ2) is 7.78. The molecule has 0 bridgehead atoms. The molecule has 2 heterocycles. The van der Waals surface area contributed by atoms with Crippen LogP contribution in [0.4, 0.5) is 10.3 Å². The van der Waals surface area contributed by atoms with Crippen LogP contribution >= 0.6 is 0 Å². The zero-order chi connectivity index (χ0) is 21.3. The molecule has 8 nitrogen and oxygen atoms in total. The van der Waals surface area contributed by atoms with Crippen molar-refractivity contribution in [2.45, 2.75) is 19.6 Å². The molecule has 3 aromatic rings. The van der Waals surface area contributed by atoms with Crippen LogP contribution in [0.1, 0.15) is 21.6 Å². The van der Waals surface area contributed by atoms with Gasteiger partial charge in [0.2, 0.25) is 17.6 Å². The summed E-state index contributed by atoms with van der Waals surface area (Å²) < 4.78 is 14.0. The number of hydrogen-bond acceptors (Lipinski definition) is 5. The van der Waals surface area contributed by atoms with Gasteiger partial charge in [-0.25, -0.2) is 9.37 Å². The van der Waals surface area contributed by atoms with Crippen LogP contribution in [0, 0.1) is 5.82 Å². The molecule has 0 radical (unpaired) electrons. The molecule has 0 unspecified atom stereocenters. The predicted octanol–water partition coefficient (Wildman–Crippen LogP) is 1.56. The van der Waals surface area contributed by atoms with E-state index in [1.165, 1.54) is 29.2 Å². The summed E-state index contributed by atoms with van der Waals surface area (Å²) in [4.78, 5) is 42.9. The SMILES string of the molecule is O=C(NCc1ccc(F)cc1)c1nc2n(c(=O)c1O)CC(=O)N2Cc1ccccc1. The lowest BCUT2D eigenvalue weighted by Gasteiger charge is -2.16. The lowest BCUT2D eigenvalue weighted by Crippen LogP contribution is -2.30. The van der Waals surface area contributed by atoms with Crippen LogP contribution in [0.15, 0.2) is 59.4 Å². The largest absolute Gasteiger partial charge is 0.501 e. The second-order valence-corrected chi connectivity index (χ2v) is 6.77. The van der Waals surface area contributed by atoms with Crippen LogP contribution < -0.4 is 15.8 Å². The van der Waals surface area contributed by atoms with Gasteiger partial charge in [0.1, 0.15) is 12.4 Å². The molecule has 0 fully saturated rings. The predicted molar refractivity (Wildman–Crippen MR) is 105 cm³/mol. The van der Waals surface area contributed by atoms with Gasteiger partial charge in [0.15, 0.2) is 5.69 Å². The van der Waals surface area contributed by atoms with E-state index in [0.29, 0.717) is 5.56 Å². The zero-order valence-electron chi connectivity index (χ0n) is 15.7. The Kier molecular flexibility index (Phi) is 5.01. The van der Waals surface area contributed by atoms with Gasteiger partial charge >= 0.3 is 0 Å². The maximum atomic E-state index is 13.0. The van der Waals surface area contributed by atoms with Crippen LogP contribution in [-0.2, 0) is 24.4 Å². The fourth-order valence-electron chi connectivity index (χ4n) is 3.17. The summed E-state index contributed by atoms with van der Waals surface area (Å²) in [6.07, 6.45) is 0. The first kappa shape index (κ1) is 19.3. The number of fused-ring (bicyclic) bond motifs is 1. The average molecular weight is 408 g/mol. The van der Waals surface area contributed by atoms with Crippen molar-refractivity contribution < 1.29 is 19.1 Å². The summed E-state index contributed by atoms with van der Waals surface area (Å²) in [5, 5.41) is 12.7. The van der Waals surface area contributed by atoms with Gasteiger partial charge in [-0.3, -0.25) is 23.9 Å². The van der Waals surface area contributed by atoms with Gasteiger partial charge < -0.3 is 10.4 Å². The quantitative estimate of drug-likeness (QED) is 0.667. The summed E-state index contributed by atoms with van der Waals surface area (Å²) >= 11 is 0. The van der Waals surface area contributed by atoms with Crippen molar-refractivity contribution in [3.63, 3.8) is 0 Å². The molecule has 30 heavy (non-hydrogen) atoms. The molecule has 0 atom stereocenters. The van der Waals surface area contributed by atoms with Crippen LogP contribution in [0.5, 0.6) is 5.75 Å². The first-order valence-electron chi connectivity index (χ1n) is 9.15. The molecule has 9 heteroatoms.